The summed E-state index contributed by atoms with van der Waals surface area (Å²) in [5.41, 5.74) is 2.36. The van der Waals surface area contributed by atoms with E-state index < -0.39 is 0 Å². The van der Waals surface area contributed by atoms with Crippen LogP contribution in [0.5, 0.6) is 5.75 Å². The lowest BCUT2D eigenvalue weighted by molar-refractivity contribution is -0.0958. The van der Waals surface area contributed by atoms with Crippen LogP contribution in [-0.4, -0.2) is 39.6 Å². The highest BCUT2D eigenvalue weighted by Crippen LogP contribution is 2.22. The zero-order valence-corrected chi connectivity index (χ0v) is 17.2. The van der Waals surface area contributed by atoms with Gasteiger partial charge in [-0.25, -0.2) is 0 Å². The first kappa shape index (κ1) is 22.2. The monoisotopic (exact) mass is 384 g/mol. The van der Waals surface area contributed by atoms with E-state index in [4.69, 9.17) is 18.9 Å². The molecule has 0 aliphatic carbocycles. The van der Waals surface area contributed by atoms with Crippen LogP contribution in [0.1, 0.15) is 18.1 Å². The SMILES string of the molecule is C=C[C@H](Cc1ccccc1)[C@H](OCCOC)[C@H](C)OCc1ccc(OC)cc1. The van der Waals surface area contributed by atoms with Gasteiger partial charge in [-0.15, -0.1) is 6.58 Å². The van der Waals surface area contributed by atoms with E-state index in [1.807, 2.05) is 36.4 Å². The fourth-order valence-corrected chi connectivity index (χ4v) is 3.14. The van der Waals surface area contributed by atoms with Crippen molar-refractivity contribution in [1.29, 1.82) is 0 Å². The molecule has 0 N–H and O–H groups in total. The molecule has 3 atom stereocenters. The highest BCUT2D eigenvalue weighted by Gasteiger charge is 2.27. The van der Waals surface area contributed by atoms with Gasteiger partial charge in [0, 0.05) is 13.0 Å². The molecule has 0 spiro atoms. The highest BCUT2D eigenvalue weighted by molar-refractivity contribution is 5.26. The molecular weight excluding hydrogens is 352 g/mol. The predicted molar refractivity (Wildman–Crippen MR) is 113 cm³/mol. The van der Waals surface area contributed by atoms with Gasteiger partial charge in [-0.3, -0.25) is 0 Å². The lowest BCUT2D eigenvalue weighted by Gasteiger charge is -2.30. The maximum absolute atomic E-state index is 6.16. The van der Waals surface area contributed by atoms with Crippen molar-refractivity contribution in [3.8, 4) is 5.75 Å². The Bertz CT molecular complexity index is 669. The van der Waals surface area contributed by atoms with E-state index in [9.17, 15) is 0 Å². The van der Waals surface area contributed by atoms with E-state index in [0.717, 1.165) is 17.7 Å². The third kappa shape index (κ3) is 7.12. The number of rotatable bonds is 13. The average molecular weight is 385 g/mol. The molecular formula is C24H32O4. The number of hydrogen-bond donors (Lipinski definition) is 0. The van der Waals surface area contributed by atoms with Gasteiger partial charge in [0.2, 0.25) is 0 Å². The number of benzene rings is 2. The third-order valence-electron chi connectivity index (χ3n) is 4.77. The molecule has 4 nitrogen and oxygen atoms in total. The van der Waals surface area contributed by atoms with Gasteiger partial charge >= 0.3 is 0 Å². The number of hydrogen-bond acceptors (Lipinski definition) is 4. The first-order valence-corrected chi connectivity index (χ1v) is 9.69. The van der Waals surface area contributed by atoms with E-state index >= 15 is 0 Å². The maximum Gasteiger partial charge on any atom is 0.118 e. The molecule has 0 aliphatic rings. The zero-order chi connectivity index (χ0) is 20.2. The molecule has 0 unspecified atom stereocenters. The molecule has 2 aromatic carbocycles. The van der Waals surface area contributed by atoms with Crippen LogP contribution in [0.4, 0.5) is 0 Å². The van der Waals surface area contributed by atoms with Crippen LogP contribution in [-0.2, 0) is 27.2 Å². The molecule has 0 bridgehead atoms. The van der Waals surface area contributed by atoms with Crippen LogP contribution in [0.3, 0.4) is 0 Å². The molecule has 152 valence electrons. The Labute approximate surface area is 169 Å². The molecule has 0 fully saturated rings. The molecule has 0 saturated heterocycles. The Balaban J connectivity index is 2.02. The molecule has 0 heterocycles. The summed E-state index contributed by atoms with van der Waals surface area (Å²) in [4.78, 5) is 0. The maximum atomic E-state index is 6.16. The lowest BCUT2D eigenvalue weighted by Crippen LogP contribution is -2.37. The van der Waals surface area contributed by atoms with E-state index in [2.05, 4.69) is 37.8 Å². The minimum atomic E-state index is -0.105. The Morgan fingerprint density at radius 3 is 2.21 bits per heavy atom. The molecule has 0 aromatic heterocycles. The Morgan fingerprint density at radius 2 is 1.61 bits per heavy atom. The molecule has 2 rings (SSSR count). The van der Waals surface area contributed by atoms with Crippen LogP contribution < -0.4 is 4.74 Å². The minimum Gasteiger partial charge on any atom is -0.497 e. The first-order valence-electron chi connectivity index (χ1n) is 9.69. The molecule has 0 radical (unpaired) electrons. The van der Waals surface area contributed by atoms with Crippen LogP contribution in [0.25, 0.3) is 0 Å². The molecule has 4 heteroatoms. The van der Waals surface area contributed by atoms with E-state index in [0.29, 0.717) is 19.8 Å². The lowest BCUT2D eigenvalue weighted by atomic mass is 9.91. The summed E-state index contributed by atoms with van der Waals surface area (Å²) in [5.74, 6) is 0.984. The third-order valence-corrected chi connectivity index (χ3v) is 4.77. The molecule has 0 amide bonds. The van der Waals surface area contributed by atoms with Crippen LogP contribution in [0.2, 0.25) is 0 Å². The number of methoxy groups -OCH3 is 2. The average Bonchev–Trinajstić information content (AvgIpc) is 2.75. The van der Waals surface area contributed by atoms with Gasteiger partial charge in [-0.2, -0.15) is 0 Å². The standard InChI is InChI=1S/C24H32O4/c1-5-22(17-20-9-7-6-8-10-20)24(27-16-15-25-3)19(2)28-18-21-11-13-23(26-4)14-12-21/h5-14,19,22,24H,1,15-18H2,2-4H3/t19-,22+,24+/m0/s1. The van der Waals surface area contributed by atoms with Crippen molar-refractivity contribution in [2.75, 3.05) is 27.4 Å². The van der Waals surface area contributed by atoms with Crippen molar-refractivity contribution in [2.45, 2.75) is 32.2 Å². The summed E-state index contributed by atoms with van der Waals surface area (Å²) in [5, 5.41) is 0. The summed E-state index contributed by atoms with van der Waals surface area (Å²) < 4.78 is 22.7. The van der Waals surface area contributed by atoms with Crippen molar-refractivity contribution < 1.29 is 18.9 Å². The molecule has 0 aliphatic heterocycles. The molecule has 0 saturated carbocycles. The van der Waals surface area contributed by atoms with Crippen LogP contribution in [0, 0.1) is 5.92 Å². The Morgan fingerprint density at radius 1 is 0.893 bits per heavy atom. The van der Waals surface area contributed by atoms with Crippen molar-refractivity contribution in [1.82, 2.24) is 0 Å². The van der Waals surface area contributed by atoms with Gasteiger partial charge in [-0.1, -0.05) is 48.5 Å². The van der Waals surface area contributed by atoms with Crippen molar-refractivity contribution >= 4 is 0 Å². The Kier molecular flexibility index (Phi) is 9.77. The summed E-state index contributed by atoms with van der Waals surface area (Å²) in [6.07, 6.45) is 2.63. The molecule has 28 heavy (non-hydrogen) atoms. The second-order valence-corrected chi connectivity index (χ2v) is 6.78. The Hall–Kier alpha value is -2.14. The summed E-state index contributed by atoms with van der Waals surface area (Å²) in [7, 11) is 3.34. The summed E-state index contributed by atoms with van der Waals surface area (Å²) >= 11 is 0. The second kappa shape index (κ2) is 12.3. The summed E-state index contributed by atoms with van der Waals surface area (Å²) in [6.45, 7) is 7.70. The topological polar surface area (TPSA) is 36.9 Å². The van der Waals surface area contributed by atoms with Gasteiger partial charge < -0.3 is 18.9 Å². The van der Waals surface area contributed by atoms with Gasteiger partial charge in [0.25, 0.3) is 0 Å². The van der Waals surface area contributed by atoms with Gasteiger partial charge in [0.05, 0.1) is 39.1 Å². The van der Waals surface area contributed by atoms with Gasteiger partial charge in [0.1, 0.15) is 5.75 Å². The van der Waals surface area contributed by atoms with Gasteiger partial charge in [0.15, 0.2) is 0 Å². The summed E-state index contributed by atoms with van der Waals surface area (Å²) in [6, 6.07) is 18.3. The smallest absolute Gasteiger partial charge is 0.118 e. The fourth-order valence-electron chi connectivity index (χ4n) is 3.14. The van der Waals surface area contributed by atoms with E-state index in [1.54, 1.807) is 14.2 Å². The highest BCUT2D eigenvalue weighted by atomic mass is 16.6. The normalized spacial score (nSPS) is 14.2. The minimum absolute atomic E-state index is 0.0920. The number of ether oxygens (including phenoxy) is 4. The van der Waals surface area contributed by atoms with Crippen LogP contribution in [0.15, 0.2) is 67.3 Å². The predicted octanol–water partition coefficient (Wildman–Crippen LogP) is 4.68. The van der Waals surface area contributed by atoms with Crippen molar-refractivity contribution in [3.05, 3.63) is 78.4 Å². The quantitative estimate of drug-likeness (QED) is 0.371. The van der Waals surface area contributed by atoms with Gasteiger partial charge in [-0.05, 0) is 36.6 Å². The van der Waals surface area contributed by atoms with E-state index in [-0.39, 0.29) is 18.1 Å². The first-order chi connectivity index (χ1) is 13.7. The zero-order valence-electron chi connectivity index (χ0n) is 17.2. The molecule has 2 aromatic rings. The largest absolute Gasteiger partial charge is 0.497 e. The van der Waals surface area contributed by atoms with Crippen molar-refractivity contribution in [2.24, 2.45) is 5.92 Å². The van der Waals surface area contributed by atoms with Crippen LogP contribution >= 0.6 is 0 Å². The fraction of sp³-hybridized carbons (Fsp3) is 0.417. The van der Waals surface area contributed by atoms with Crippen molar-refractivity contribution in [3.63, 3.8) is 0 Å². The second-order valence-electron chi connectivity index (χ2n) is 6.78. The van der Waals surface area contributed by atoms with E-state index in [1.165, 1.54) is 5.56 Å².